The van der Waals surface area contributed by atoms with Crippen LogP contribution in [0.2, 0.25) is 0 Å². The van der Waals surface area contributed by atoms with Gasteiger partial charge in [0.1, 0.15) is 5.82 Å². The highest BCUT2D eigenvalue weighted by Crippen LogP contribution is 2.37. The molecule has 0 atom stereocenters. The number of aromatic amines is 1. The van der Waals surface area contributed by atoms with Crippen molar-refractivity contribution in [3.8, 4) is 11.1 Å². The van der Waals surface area contributed by atoms with Crippen LogP contribution in [-0.2, 0) is 16.6 Å². The van der Waals surface area contributed by atoms with E-state index in [-0.39, 0.29) is 18.2 Å². The van der Waals surface area contributed by atoms with Gasteiger partial charge in [0, 0.05) is 31.2 Å². The average Bonchev–Trinajstić information content (AvgIpc) is 3.21. The van der Waals surface area contributed by atoms with Gasteiger partial charge in [-0.2, -0.15) is 0 Å². The van der Waals surface area contributed by atoms with Gasteiger partial charge >= 0.3 is 0 Å². The summed E-state index contributed by atoms with van der Waals surface area (Å²) in [4.78, 5) is 15.4. The Hall–Kier alpha value is -2.75. The molecular weight excluding hydrogens is 431 g/mol. The summed E-state index contributed by atoms with van der Waals surface area (Å²) in [5.41, 5.74) is 15.3. The zero-order chi connectivity index (χ0) is 23.0. The van der Waals surface area contributed by atoms with Crippen molar-refractivity contribution >= 4 is 26.8 Å². The molecule has 1 aliphatic rings. The van der Waals surface area contributed by atoms with Gasteiger partial charge in [0.05, 0.1) is 16.8 Å². The number of hydrogen-bond acceptors (Lipinski definition) is 4. The minimum atomic E-state index is -3.21. The zero-order valence-electron chi connectivity index (χ0n) is 17.9. The predicted molar refractivity (Wildman–Crippen MR) is 123 cm³/mol. The van der Waals surface area contributed by atoms with E-state index in [4.69, 9.17) is 11.5 Å². The van der Waals surface area contributed by atoms with Crippen LogP contribution in [0.4, 0.5) is 4.39 Å². The highest BCUT2D eigenvalue weighted by molar-refractivity contribution is 7.89. The third-order valence-electron chi connectivity index (χ3n) is 6.27. The summed E-state index contributed by atoms with van der Waals surface area (Å²) >= 11 is 0. The lowest BCUT2D eigenvalue weighted by Crippen LogP contribution is -2.38. The van der Waals surface area contributed by atoms with Gasteiger partial charge in [0.15, 0.2) is 0 Å². The number of primary amides is 1. The first kappa shape index (κ1) is 22.4. The fourth-order valence-corrected chi connectivity index (χ4v) is 5.65. The van der Waals surface area contributed by atoms with Crippen LogP contribution in [0.25, 0.3) is 22.0 Å². The van der Waals surface area contributed by atoms with E-state index in [1.165, 1.54) is 12.1 Å². The van der Waals surface area contributed by atoms with Gasteiger partial charge in [-0.1, -0.05) is 0 Å². The molecule has 9 heteroatoms. The number of aromatic nitrogens is 1. The standard InChI is InChI=1S/C23H27FN4O3S/c1-2-32(30,31)28-5-3-15(4-6-28)21-13-27-22-19(21)10-17(11-20(22)23(26)29)16-7-14(12-25)8-18(24)9-16/h7-11,13,15,27H,2-6,12,25H2,1H3,(H2,26,29). The SMILES string of the molecule is CCS(=O)(=O)N1CCC(c2c[nH]c3c(C(N)=O)cc(-c4cc(F)cc(CN)c4)cc23)CC1. The number of H-pyrrole nitrogens is 1. The van der Waals surface area contributed by atoms with E-state index in [0.29, 0.717) is 53.7 Å². The molecule has 1 fully saturated rings. The number of nitrogens with two attached hydrogens (primary N) is 2. The Morgan fingerprint density at radius 2 is 1.84 bits per heavy atom. The molecule has 1 amide bonds. The second-order valence-corrected chi connectivity index (χ2v) is 10.4. The molecule has 0 spiro atoms. The summed E-state index contributed by atoms with van der Waals surface area (Å²) in [5.74, 6) is -0.753. The normalized spacial score (nSPS) is 16.0. The summed E-state index contributed by atoms with van der Waals surface area (Å²) in [6, 6.07) is 8.19. The number of sulfonamides is 1. The number of nitrogens with one attached hydrogen (secondary N) is 1. The Morgan fingerprint density at radius 1 is 1.16 bits per heavy atom. The number of carbonyl (C=O) groups is 1. The summed E-state index contributed by atoms with van der Waals surface area (Å²) in [6.07, 6.45) is 3.23. The summed E-state index contributed by atoms with van der Waals surface area (Å²) in [7, 11) is -3.21. The fourth-order valence-electron chi connectivity index (χ4n) is 4.51. The summed E-state index contributed by atoms with van der Waals surface area (Å²) < 4.78 is 40.1. The number of halogens is 1. The Kier molecular flexibility index (Phi) is 6.07. The van der Waals surface area contributed by atoms with Crippen LogP contribution in [0.1, 0.15) is 47.2 Å². The predicted octanol–water partition coefficient (Wildman–Crippen LogP) is 3.06. The van der Waals surface area contributed by atoms with E-state index in [0.717, 1.165) is 10.9 Å². The third kappa shape index (κ3) is 4.15. The molecule has 3 aromatic rings. The molecule has 1 aromatic heterocycles. The number of fused-ring (bicyclic) bond motifs is 1. The molecule has 2 heterocycles. The molecule has 0 radical (unpaired) electrons. The summed E-state index contributed by atoms with van der Waals surface area (Å²) in [6.45, 7) is 2.76. The molecule has 1 saturated heterocycles. The van der Waals surface area contributed by atoms with Gasteiger partial charge in [-0.05, 0) is 78.3 Å². The van der Waals surface area contributed by atoms with Gasteiger partial charge in [-0.15, -0.1) is 0 Å². The first-order valence-electron chi connectivity index (χ1n) is 10.7. The zero-order valence-corrected chi connectivity index (χ0v) is 18.7. The molecule has 170 valence electrons. The Labute approximate surface area is 186 Å². The van der Waals surface area contributed by atoms with Crippen molar-refractivity contribution in [1.29, 1.82) is 0 Å². The molecule has 4 rings (SSSR count). The maximum absolute atomic E-state index is 14.1. The molecule has 7 nitrogen and oxygen atoms in total. The number of benzene rings is 2. The quantitative estimate of drug-likeness (QED) is 0.525. The van der Waals surface area contributed by atoms with Crippen molar-refractivity contribution in [2.24, 2.45) is 11.5 Å². The number of hydrogen-bond donors (Lipinski definition) is 3. The molecule has 0 saturated carbocycles. The lowest BCUT2D eigenvalue weighted by atomic mass is 9.88. The maximum atomic E-state index is 14.1. The topological polar surface area (TPSA) is 122 Å². The van der Waals surface area contributed by atoms with E-state index < -0.39 is 21.7 Å². The molecule has 0 bridgehead atoms. The van der Waals surface area contributed by atoms with E-state index in [1.54, 1.807) is 23.4 Å². The molecule has 32 heavy (non-hydrogen) atoms. The average molecular weight is 459 g/mol. The van der Waals surface area contributed by atoms with Gasteiger partial charge in [-0.3, -0.25) is 4.79 Å². The van der Waals surface area contributed by atoms with Crippen molar-refractivity contribution in [2.75, 3.05) is 18.8 Å². The number of carbonyl (C=O) groups excluding carboxylic acids is 1. The highest BCUT2D eigenvalue weighted by Gasteiger charge is 2.29. The van der Waals surface area contributed by atoms with Crippen molar-refractivity contribution in [3.63, 3.8) is 0 Å². The molecule has 1 aliphatic heterocycles. The van der Waals surface area contributed by atoms with Gasteiger partial charge in [-0.25, -0.2) is 17.1 Å². The molecular formula is C23H27FN4O3S. The van der Waals surface area contributed by atoms with E-state index in [2.05, 4.69) is 4.98 Å². The van der Waals surface area contributed by atoms with E-state index in [9.17, 15) is 17.6 Å². The van der Waals surface area contributed by atoms with Crippen LogP contribution in [0, 0.1) is 5.82 Å². The first-order chi connectivity index (χ1) is 15.2. The largest absolute Gasteiger partial charge is 0.366 e. The van der Waals surface area contributed by atoms with Crippen molar-refractivity contribution in [3.05, 3.63) is 59.0 Å². The fraction of sp³-hybridized carbons (Fsp3) is 0.348. The van der Waals surface area contributed by atoms with Gasteiger partial charge in [0.25, 0.3) is 5.91 Å². The summed E-state index contributed by atoms with van der Waals surface area (Å²) in [5, 5.41) is 0.839. The Balaban J connectivity index is 1.77. The van der Waals surface area contributed by atoms with Crippen LogP contribution in [0.3, 0.4) is 0 Å². The van der Waals surface area contributed by atoms with Crippen molar-refractivity contribution in [1.82, 2.24) is 9.29 Å². The van der Waals surface area contributed by atoms with Crippen LogP contribution in [-0.4, -0.2) is 42.5 Å². The van der Waals surface area contributed by atoms with Gasteiger partial charge < -0.3 is 16.5 Å². The number of rotatable bonds is 6. The third-order valence-corrected chi connectivity index (χ3v) is 8.15. The van der Waals surface area contributed by atoms with Crippen molar-refractivity contribution in [2.45, 2.75) is 32.2 Å². The van der Waals surface area contributed by atoms with Gasteiger partial charge in [0.2, 0.25) is 10.0 Å². The smallest absolute Gasteiger partial charge is 0.250 e. The Morgan fingerprint density at radius 3 is 2.47 bits per heavy atom. The number of amides is 1. The number of piperidine rings is 1. The van der Waals surface area contributed by atoms with Crippen LogP contribution in [0.5, 0.6) is 0 Å². The second kappa shape index (κ2) is 8.65. The minimum Gasteiger partial charge on any atom is -0.366 e. The monoisotopic (exact) mass is 458 g/mol. The van der Waals surface area contributed by atoms with Crippen LogP contribution < -0.4 is 11.5 Å². The lowest BCUT2D eigenvalue weighted by Gasteiger charge is -2.31. The highest BCUT2D eigenvalue weighted by atomic mass is 32.2. The van der Waals surface area contributed by atoms with Crippen LogP contribution in [0.15, 0.2) is 36.5 Å². The van der Waals surface area contributed by atoms with Crippen LogP contribution >= 0.6 is 0 Å². The lowest BCUT2D eigenvalue weighted by molar-refractivity contribution is 0.100. The molecule has 2 aromatic carbocycles. The minimum absolute atomic E-state index is 0.0918. The van der Waals surface area contributed by atoms with E-state index in [1.807, 2.05) is 12.3 Å². The van der Waals surface area contributed by atoms with Crippen molar-refractivity contribution < 1.29 is 17.6 Å². The second-order valence-electron chi connectivity index (χ2n) is 8.18. The number of nitrogens with zero attached hydrogens (tertiary/aromatic N) is 1. The molecule has 0 unspecified atom stereocenters. The maximum Gasteiger partial charge on any atom is 0.250 e. The Bertz CT molecular complexity index is 1280. The van der Waals surface area contributed by atoms with E-state index >= 15 is 0 Å². The first-order valence-corrected chi connectivity index (χ1v) is 12.3. The molecule has 5 N–H and O–H groups in total. The molecule has 0 aliphatic carbocycles.